The molecule has 1 aromatic rings. The lowest BCUT2D eigenvalue weighted by Gasteiger charge is -2.39. The van der Waals surface area contributed by atoms with Crippen molar-refractivity contribution in [1.82, 2.24) is 10.0 Å². The number of nitrogens with zero attached hydrogens (tertiary/aromatic N) is 2. The van der Waals surface area contributed by atoms with E-state index in [0.717, 1.165) is 24.1 Å². The van der Waals surface area contributed by atoms with Gasteiger partial charge in [0.25, 0.3) is 0 Å². The molecule has 0 saturated heterocycles. The molecule has 0 bridgehead atoms. The SMILES string of the molecule is ON1C=CC=C(CC(c2cnc(C(O)(C(F)(F)F)C(F)(F)F)s2)C2CCC(OC(F)F)C(OC3CC3)C2)C1. The van der Waals surface area contributed by atoms with E-state index in [9.17, 15) is 45.4 Å². The van der Waals surface area contributed by atoms with E-state index < -0.39 is 53.6 Å². The zero-order valence-electron chi connectivity index (χ0n) is 19.8. The Balaban J connectivity index is 1.66. The molecular weight excluding hydrogens is 552 g/mol. The fourth-order valence-corrected chi connectivity index (χ4v) is 6.16. The maximum Gasteiger partial charge on any atom is 0.433 e. The second kappa shape index (κ2) is 11.0. The maximum atomic E-state index is 13.4. The van der Waals surface area contributed by atoms with Crippen molar-refractivity contribution >= 4 is 11.3 Å². The number of halogens is 8. The summed E-state index contributed by atoms with van der Waals surface area (Å²) in [6.07, 6.45) is -6.16. The lowest BCUT2D eigenvalue weighted by atomic mass is 9.74. The highest BCUT2D eigenvalue weighted by Gasteiger charge is 2.73. The number of hydrogen-bond acceptors (Lipinski definition) is 7. The van der Waals surface area contributed by atoms with Gasteiger partial charge in [-0.15, -0.1) is 11.3 Å². The molecule has 0 aromatic carbocycles. The number of hydroxylamine groups is 2. The number of rotatable bonds is 9. The predicted octanol–water partition coefficient (Wildman–Crippen LogP) is 6.03. The van der Waals surface area contributed by atoms with Crippen molar-refractivity contribution in [2.45, 2.75) is 87.3 Å². The Morgan fingerprint density at radius 3 is 2.32 bits per heavy atom. The van der Waals surface area contributed by atoms with Crippen LogP contribution in [-0.4, -0.2) is 64.2 Å². The molecule has 0 radical (unpaired) electrons. The summed E-state index contributed by atoms with van der Waals surface area (Å²) in [4.78, 5) is 3.42. The first-order valence-electron chi connectivity index (χ1n) is 11.9. The van der Waals surface area contributed by atoms with E-state index in [-0.39, 0.29) is 54.5 Å². The van der Waals surface area contributed by atoms with Crippen LogP contribution < -0.4 is 0 Å². The number of aliphatic hydroxyl groups is 1. The van der Waals surface area contributed by atoms with Gasteiger partial charge in [-0.3, -0.25) is 10.3 Å². The fourth-order valence-electron chi connectivity index (χ4n) is 4.92. The van der Waals surface area contributed by atoms with Gasteiger partial charge < -0.3 is 14.6 Å². The zero-order chi connectivity index (χ0) is 27.9. The molecule has 0 amide bonds. The molecule has 2 N–H and O–H groups in total. The van der Waals surface area contributed by atoms with Gasteiger partial charge in [0, 0.05) is 23.2 Å². The summed E-state index contributed by atoms with van der Waals surface area (Å²) in [6.45, 7) is -2.97. The van der Waals surface area contributed by atoms with Crippen LogP contribution in [0.5, 0.6) is 0 Å². The van der Waals surface area contributed by atoms with E-state index in [2.05, 4.69) is 4.98 Å². The van der Waals surface area contributed by atoms with Crippen molar-refractivity contribution in [1.29, 1.82) is 0 Å². The first kappa shape index (κ1) is 29.2. The second-order valence-electron chi connectivity index (χ2n) is 9.73. The van der Waals surface area contributed by atoms with Gasteiger partial charge in [-0.2, -0.15) is 35.1 Å². The normalized spacial score (nSPS) is 26.1. The molecule has 38 heavy (non-hydrogen) atoms. The highest BCUT2D eigenvalue weighted by Crippen LogP contribution is 2.52. The number of thiazole rings is 1. The number of alkyl halides is 8. The molecule has 6 nitrogen and oxygen atoms in total. The van der Waals surface area contributed by atoms with Gasteiger partial charge in [0.2, 0.25) is 0 Å². The molecule has 2 heterocycles. The van der Waals surface area contributed by atoms with Crippen molar-refractivity contribution in [3.8, 4) is 0 Å². The molecule has 0 spiro atoms. The highest BCUT2D eigenvalue weighted by atomic mass is 32.1. The van der Waals surface area contributed by atoms with Crippen molar-refractivity contribution in [2.24, 2.45) is 5.92 Å². The molecule has 15 heteroatoms. The van der Waals surface area contributed by atoms with E-state index in [1.807, 2.05) is 0 Å². The van der Waals surface area contributed by atoms with Gasteiger partial charge in [-0.05, 0) is 56.1 Å². The van der Waals surface area contributed by atoms with Crippen LogP contribution in [0.25, 0.3) is 0 Å². The van der Waals surface area contributed by atoms with Crippen molar-refractivity contribution in [3.05, 3.63) is 40.0 Å². The summed E-state index contributed by atoms with van der Waals surface area (Å²) >= 11 is 0.109. The molecule has 4 unspecified atom stereocenters. The summed E-state index contributed by atoms with van der Waals surface area (Å²) in [5.41, 5.74) is -4.51. The van der Waals surface area contributed by atoms with E-state index in [0.29, 0.717) is 5.57 Å². The van der Waals surface area contributed by atoms with E-state index in [4.69, 9.17) is 9.47 Å². The Hall–Kier alpha value is -1.81. The fraction of sp³-hybridized carbons (Fsp3) is 0.696. The predicted molar refractivity (Wildman–Crippen MR) is 117 cm³/mol. The molecular formula is C23H26F8N2O4S. The van der Waals surface area contributed by atoms with Gasteiger partial charge in [-0.25, -0.2) is 4.98 Å². The lowest BCUT2D eigenvalue weighted by molar-refractivity contribution is -0.376. The third kappa shape index (κ3) is 6.32. The standard InChI is InChI=1S/C23H26F8N2O4S/c24-20(25)37-16-6-3-13(9-17(16)36-14-4-5-14)15(8-12-2-1-7-33(35)11-12)18-10-32-19(38-18)21(34,22(26,27)28)23(29,30)31/h1-2,7,10,13-17,20,34-35H,3-6,8-9,11H2. The van der Waals surface area contributed by atoms with Gasteiger partial charge >= 0.3 is 24.6 Å². The van der Waals surface area contributed by atoms with Crippen LogP contribution in [0, 0.1) is 5.92 Å². The average molecular weight is 579 g/mol. The van der Waals surface area contributed by atoms with E-state index >= 15 is 0 Å². The smallest absolute Gasteiger partial charge is 0.372 e. The zero-order valence-corrected chi connectivity index (χ0v) is 20.6. The molecule has 3 aliphatic rings. The number of ether oxygens (including phenoxy) is 2. The summed E-state index contributed by atoms with van der Waals surface area (Å²) in [5, 5.41) is 19.0. The van der Waals surface area contributed by atoms with Gasteiger partial charge in [0.1, 0.15) is 5.01 Å². The number of aromatic nitrogens is 1. The molecule has 2 aliphatic carbocycles. The minimum Gasteiger partial charge on any atom is -0.372 e. The summed E-state index contributed by atoms with van der Waals surface area (Å²) in [7, 11) is 0. The summed E-state index contributed by atoms with van der Waals surface area (Å²) < 4.78 is 117. The average Bonchev–Trinajstić information content (AvgIpc) is 3.48. The molecule has 1 aliphatic heterocycles. The van der Waals surface area contributed by atoms with Crippen LogP contribution in [0.1, 0.15) is 54.3 Å². The third-order valence-electron chi connectivity index (χ3n) is 6.97. The monoisotopic (exact) mass is 578 g/mol. The minimum absolute atomic E-state index is 0.0551. The summed E-state index contributed by atoms with van der Waals surface area (Å²) in [6, 6.07) is 0. The largest absolute Gasteiger partial charge is 0.433 e. The van der Waals surface area contributed by atoms with Crippen LogP contribution in [0.4, 0.5) is 35.1 Å². The van der Waals surface area contributed by atoms with Crippen LogP contribution in [0.15, 0.2) is 30.1 Å². The lowest BCUT2D eigenvalue weighted by Crippen LogP contribution is -2.53. The van der Waals surface area contributed by atoms with Crippen LogP contribution in [0.3, 0.4) is 0 Å². The molecule has 4 atom stereocenters. The van der Waals surface area contributed by atoms with Crippen molar-refractivity contribution < 1.29 is 54.9 Å². The Labute approximate surface area is 216 Å². The van der Waals surface area contributed by atoms with Gasteiger partial charge in [0.15, 0.2) is 0 Å². The topological polar surface area (TPSA) is 75.1 Å². The molecule has 214 valence electrons. The second-order valence-corrected chi connectivity index (χ2v) is 10.8. The maximum absolute atomic E-state index is 13.4. The van der Waals surface area contributed by atoms with Gasteiger partial charge in [0.05, 0.1) is 24.9 Å². The molecule has 2 fully saturated rings. The molecule has 1 aromatic heterocycles. The number of hydrogen-bond donors (Lipinski definition) is 2. The van der Waals surface area contributed by atoms with Gasteiger partial charge in [-0.1, -0.05) is 6.08 Å². The van der Waals surface area contributed by atoms with Crippen molar-refractivity contribution in [3.63, 3.8) is 0 Å². The number of allylic oxidation sites excluding steroid dienone is 2. The van der Waals surface area contributed by atoms with E-state index in [1.165, 1.54) is 12.3 Å². The molecule has 2 saturated carbocycles. The first-order valence-corrected chi connectivity index (χ1v) is 12.7. The molecule has 4 rings (SSSR count). The van der Waals surface area contributed by atoms with Crippen LogP contribution in [-0.2, 0) is 15.1 Å². The van der Waals surface area contributed by atoms with E-state index in [1.54, 1.807) is 6.08 Å². The Bertz CT molecular complexity index is 1010. The minimum atomic E-state index is -6.07. The quantitative estimate of drug-likeness (QED) is 0.349. The van der Waals surface area contributed by atoms with Crippen LogP contribution in [0.2, 0.25) is 0 Å². The summed E-state index contributed by atoms with van der Waals surface area (Å²) in [5.74, 6) is -1.08. The van der Waals surface area contributed by atoms with Crippen LogP contribution >= 0.6 is 11.3 Å². The Kier molecular flexibility index (Phi) is 8.44. The Morgan fingerprint density at radius 1 is 1.05 bits per heavy atom. The Morgan fingerprint density at radius 2 is 1.74 bits per heavy atom. The third-order valence-corrected chi connectivity index (χ3v) is 8.20. The highest BCUT2D eigenvalue weighted by molar-refractivity contribution is 7.11. The first-order chi connectivity index (χ1) is 17.7. The van der Waals surface area contributed by atoms with Crippen molar-refractivity contribution in [2.75, 3.05) is 6.54 Å².